The molecule has 0 radical (unpaired) electrons. The highest BCUT2D eigenvalue weighted by Crippen LogP contribution is 2.29. The lowest BCUT2D eigenvalue weighted by molar-refractivity contribution is 0.618. The number of benzene rings is 3. The molecule has 0 fully saturated rings. The quantitative estimate of drug-likeness (QED) is 0.251. The van der Waals surface area contributed by atoms with Crippen LogP contribution in [0, 0.1) is 6.92 Å². The molecule has 0 bridgehead atoms. The predicted molar refractivity (Wildman–Crippen MR) is 149 cm³/mol. The number of hydrogen-bond acceptors (Lipinski definition) is 4. The normalized spacial score (nSPS) is 12.0. The fourth-order valence-corrected chi connectivity index (χ4v) is 5.45. The van der Waals surface area contributed by atoms with Crippen molar-refractivity contribution in [1.29, 1.82) is 0 Å². The molecule has 0 aliphatic rings. The number of nitrogens with zero attached hydrogens (tertiary/aromatic N) is 4. The number of rotatable bonds is 5. The van der Waals surface area contributed by atoms with Crippen molar-refractivity contribution in [1.82, 2.24) is 13.9 Å². The maximum atomic E-state index is 13.5. The van der Waals surface area contributed by atoms with Crippen molar-refractivity contribution in [3.8, 4) is 17.1 Å². The molecule has 0 unspecified atom stereocenters. The van der Waals surface area contributed by atoms with Crippen molar-refractivity contribution in [2.45, 2.75) is 13.5 Å². The molecular weight excluding hydrogens is 504 g/mol. The van der Waals surface area contributed by atoms with Gasteiger partial charge in [-0.1, -0.05) is 60.1 Å². The first-order valence-electron chi connectivity index (χ1n) is 11.8. The number of hydrogen-bond donors (Lipinski definition) is 0. The average molecular weight is 527 g/mol. The summed E-state index contributed by atoms with van der Waals surface area (Å²) in [5.74, 6) is 0.749. The van der Waals surface area contributed by atoms with Gasteiger partial charge in [-0.15, -0.1) is 11.3 Å². The number of halogens is 1. The summed E-state index contributed by atoms with van der Waals surface area (Å²) in [7, 11) is 1.87. The first kappa shape index (κ1) is 23.3. The van der Waals surface area contributed by atoms with Gasteiger partial charge in [0.15, 0.2) is 16.2 Å². The molecular formula is C29H23ClN4O2S. The Hall–Kier alpha value is -4.07. The molecule has 37 heavy (non-hydrogen) atoms. The second-order valence-electron chi connectivity index (χ2n) is 8.79. The lowest BCUT2D eigenvalue weighted by atomic mass is 10.2. The Morgan fingerprint density at radius 1 is 0.973 bits per heavy atom. The molecule has 3 heterocycles. The highest BCUT2D eigenvalue weighted by Gasteiger charge is 2.18. The monoisotopic (exact) mass is 526 g/mol. The van der Waals surface area contributed by atoms with Crippen LogP contribution in [-0.4, -0.2) is 13.9 Å². The van der Waals surface area contributed by atoms with Crippen LogP contribution in [0.3, 0.4) is 0 Å². The zero-order valence-corrected chi connectivity index (χ0v) is 21.8. The third-order valence-corrected chi connectivity index (χ3v) is 7.58. The van der Waals surface area contributed by atoms with Crippen molar-refractivity contribution < 1.29 is 4.42 Å². The maximum Gasteiger partial charge on any atom is 0.297 e. The van der Waals surface area contributed by atoms with E-state index in [9.17, 15) is 4.79 Å². The van der Waals surface area contributed by atoms with E-state index in [1.807, 2.05) is 109 Å². The minimum absolute atomic E-state index is 0.164. The van der Waals surface area contributed by atoms with Crippen molar-refractivity contribution in [3.63, 3.8) is 0 Å². The lowest BCUT2D eigenvalue weighted by Gasteiger charge is -2.08. The molecule has 0 amide bonds. The van der Waals surface area contributed by atoms with Crippen LogP contribution < -0.4 is 10.4 Å². The highest BCUT2D eigenvalue weighted by atomic mass is 35.5. The Kier molecular flexibility index (Phi) is 5.94. The van der Waals surface area contributed by atoms with Crippen LogP contribution >= 0.6 is 22.9 Å². The molecule has 0 spiro atoms. The maximum absolute atomic E-state index is 13.5. The van der Waals surface area contributed by atoms with Crippen molar-refractivity contribution in [3.05, 3.63) is 122 Å². The van der Waals surface area contributed by atoms with Gasteiger partial charge in [0.25, 0.3) is 5.56 Å². The van der Waals surface area contributed by atoms with Gasteiger partial charge >= 0.3 is 0 Å². The summed E-state index contributed by atoms with van der Waals surface area (Å²) in [6.45, 7) is 2.46. The van der Waals surface area contributed by atoms with Crippen LogP contribution in [0.25, 0.3) is 28.1 Å². The van der Waals surface area contributed by atoms with E-state index in [-0.39, 0.29) is 5.56 Å². The van der Waals surface area contributed by atoms with E-state index in [0.717, 1.165) is 39.4 Å². The van der Waals surface area contributed by atoms with Gasteiger partial charge in [0.05, 0.1) is 23.6 Å². The summed E-state index contributed by atoms with van der Waals surface area (Å²) in [4.78, 5) is 19.2. The zero-order chi connectivity index (χ0) is 25.5. The summed E-state index contributed by atoms with van der Waals surface area (Å²) in [5, 5.41) is 3.74. The average Bonchev–Trinajstić information content (AvgIpc) is 3.57. The highest BCUT2D eigenvalue weighted by molar-refractivity contribution is 7.07. The molecule has 6 nitrogen and oxygen atoms in total. The molecule has 8 heteroatoms. The third-order valence-electron chi connectivity index (χ3n) is 6.46. The lowest BCUT2D eigenvalue weighted by Crippen LogP contribution is -2.20. The van der Waals surface area contributed by atoms with Gasteiger partial charge in [0.1, 0.15) is 5.58 Å². The van der Waals surface area contributed by atoms with Crippen LogP contribution in [-0.2, 0) is 13.6 Å². The molecule has 0 aliphatic carbocycles. The number of furan rings is 1. The van der Waals surface area contributed by atoms with Gasteiger partial charge in [0.2, 0.25) is 0 Å². The van der Waals surface area contributed by atoms with E-state index in [2.05, 4.69) is 4.57 Å². The van der Waals surface area contributed by atoms with Gasteiger partial charge in [0, 0.05) is 22.8 Å². The van der Waals surface area contributed by atoms with Crippen LogP contribution in [0.4, 0.5) is 5.69 Å². The minimum Gasteiger partial charge on any atom is -0.454 e. The van der Waals surface area contributed by atoms with E-state index < -0.39 is 0 Å². The third kappa shape index (κ3) is 4.26. The van der Waals surface area contributed by atoms with E-state index in [0.29, 0.717) is 22.1 Å². The Labute approximate surface area is 221 Å². The molecule has 3 aromatic carbocycles. The Morgan fingerprint density at radius 2 is 1.70 bits per heavy atom. The molecule has 0 saturated heterocycles. The van der Waals surface area contributed by atoms with Crippen LogP contribution in [0.5, 0.6) is 0 Å². The van der Waals surface area contributed by atoms with Gasteiger partial charge < -0.3 is 8.98 Å². The molecule has 0 atom stereocenters. The zero-order valence-electron chi connectivity index (χ0n) is 20.3. The van der Waals surface area contributed by atoms with E-state index >= 15 is 0 Å². The number of thiazole rings is 1. The first-order valence-corrected chi connectivity index (χ1v) is 13.1. The number of para-hydroxylation sites is 2. The van der Waals surface area contributed by atoms with Gasteiger partial charge in [-0.3, -0.25) is 9.48 Å². The topological polar surface area (TPSA) is 57.4 Å². The van der Waals surface area contributed by atoms with Crippen LogP contribution in [0.1, 0.15) is 11.3 Å². The summed E-state index contributed by atoms with van der Waals surface area (Å²) in [6.07, 6.45) is 0. The largest absolute Gasteiger partial charge is 0.454 e. The summed E-state index contributed by atoms with van der Waals surface area (Å²) in [5.41, 5.74) is 4.61. The molecule has 0 aliphatic heterocycles. The first-order chi connectivity index (χ1) is 18.0. The van der Waals surface area contributed by atoms with Crippen molar-refractivity contribution >= 4 is 39.6 Å². The standard InChI is InChI=1S/C29H23ClN4O2S/c1-19-27(28(35)34(32(19)2)23-9-4-3-5-10-23)31-29-33(17-20-12-14-22(30)15-13-20)24(18-37-29)26-16-21-8-6-7-11-25(21)36-26/h3-16,18H,17H2,1-2H3. The fourth-order valence-electron chi connectivity index (χ4n) is 4.43. The second kappa shape index (κ2) is 9.42. The van der Waals surface area contributed by atoms with E-state index in [4.69, 9.17) is 21.0 Å². The predicted octanol–water partition coefficient (Wildman–Crippen LogP) is 6.69. The molecule has 184 valence electrons. The van der Waals surface area contributed by atoms with E-state index in [1.165, 1.54) is 11.3 Å². The van der Waals surface area contributed by atoms with Gasteiger partial charge in [-0.25, -0.2) is 9.67 Å². The Balaban J connectivity index is 1.54. The fraction of sp³-hybridized carbons (Fsp3) is 0.103. The SMILES string of the molecule is Cc1c(N=c2scc(-c3cc4ccccc4o3)n2Cc2ccc(Cl)cc2)c(=O)n(-c2ccccc2)n1C. The molecule has 0 N–H and O–H groups in total. The second-order valence-corrected chi connectivity index (χ2v) is 10.1. The molecule has 6 rings (SSSR count). The van der Waals surface area contributed by atoms with Crippen LogP contribution in [0.15, 0.2) is 105 Å². The van der Waals surface area contributed by atoms with Crippen LogP contribution in [0.2, 0.25) is 5.02 Å². The van der Waals surface area contributed by atoms with Gasteiger partial charge in [-0.2, -0.15) is 0 Å². The summed E-state index contributed by atoms with van der Waals surface area (Å²) in [6, 6.07) is 27.3. The summed E-state index contributed by atoms with van der Waals surface area (Å²) < 4.78 is 11.8. The smallest absolute Gasteiger partial charge is 0.297 e. The molecule has 3 aromatic heterocycles. The molecule has 0 saturated carbocycles. The molecule has 6 aromatic rings. The van der Waals surface area contributed by atoms with Crippen molar-refractivity contribution in [2.75, 3.05) is 0 Å². The van der Waals surface area contributed by atoms with Gasteiger partial charge in [-0.05, 0) is 48.9 Å². The summed E-state index contributed by atoms with van der Waals surface area (Å²) >= 11 is 7.61. The number of fused-ring (bicyclic) bond motifs is 1. The number of aromatic nitrogens is 3. The minimum atomic E-state index is -0.164. The van der Waals surface area contributed by atoms with Crippen molar-refractivity contribution in [2.24, 2.45) is 12.0 Å². The Morgan fingerprint density at radius 3 is 2.46 bits per heavy atom. The van der Waals surface area contributed by atoms with E-state index in [1.54, 1.807) is 4.68 Å². The Bertz CT molecular complexity index is 1820.